The van der Waals surface area contributed by atoms with Gasteiger partial charge in [-0.2, -0.15) is 4.98 Å². The molecule has 3 aliphatic rings. The molecule has 6 heterocycles. The van der Waals surface area contributed by atoms with Crippen LogP contribution in [0.25, 0.3) is 27.8 Å². The summed E-state index contributed by atoms with van der Waals surface area (Å²) in [5, 5.41) is 3.74. The van der Waals surface area contributed by atoms with E-state index in [-0.39, 0.29) is 18.1 Å². The molecule has 44 heavy (non-hydrogen) atoms. The number of imidazole rings is 1. The van der Waals surface area contributed by atoms with Crippen molar-refractivity contribution in [3.05, 3.63) is 71.4 Å². The molecule has 8 rings (SSSR count). The van der Waals surface area contributed by atoms with Crippen molar-refractivity contribution < 1.29 is 9.53 Å². The van der Waals surface area contributed by atoms with Crippen LogP contribution in [0.2, 0.25) is 0 Å². The number of nitrogens with one attached hydrogen (secondary N) is 1. The van der Waals surface area contributed by atoms with Crippen molar-refractivity contribution in [2.24, 2.45) is 0 Å². The van der Waals surface area contributed by atoms with Gasteiger partial charge in [0.25, 0.3) is 11.5 Å². The van der Waals surface area contributed by atoms with Gasteiger partial charge < -0.3 is 24.4 Å². The van der Waals surface area contributed by atoms with Crippen LogP contribution < -0.4 is 20.5 Å². The third-order valence-electron chi connectivity index (χ3n) is 8.92. The molecular weight excluding hydrogens is 558 g/mol. The first-order valence-electron chi connectivity index (χ1n) is 15.2. The average Bonchev–Trinajstić information content (AvgIpc) is 3.57. The number of amides is 1. The Morgan fingerprint density at radius 3 is 2.77 bits per heavy atom. The van der Waals surface area contributed by atoms with Crippen LogP contribution in [0.4, 0.5) is 17.3 Å². The van der Waals surface area contributed by atoms with Crippen LogP contribution in [0.1, 0.15) is 31.7 Å². The first-order chi connectivity index (χ1) is 21.5. The summed E-state index contributed by atoms with van der Waals surface area (Å²) in [5.74, 6) is 0.941. The van der Waals surface area contributed by atoms with Crippen molar-refractivity contribution in [3.8, 4) is 11.4 Å². The predicted octanol–water partition coefficient (Wildman–Crippen LogP) is 4.02. The zero-order valence-corrected chi connectivity index (χ0v) is 24.5. The molecule has 1 fully saturated rings. The van der Waals surface area contributed by atoms with Crippen LogP contribution in [0, 0.1) is 0 Å². The molecule has 1 N–H and O–H groups in total. The highest BCUT2D eigenvalue weighted by Gasteiger charge is 2.27. The molecule has 12 heteroatoms. The van der Waals surface area contributed by atoms with E-state index in [0.717, 1.165) is 55.5 Å². The number of carbonyl (C=O) groups is 1. The number of rotatable bonds is 3. The Bertz CT molecular complexity index is 2000. The summed E-state index contributed by atoms with van der Waals surface area (Å²) in [6, 6.07) is 12.2. The SMILES string of the molecule is CN1CCC(n2cnc3cc(Nc4ncc5c(=O)n6n(c5n4)-c4ccc5c(c4)N(CCCC=CC6)C(=O)CO5)ccc32)CC1. The van der Waals surface area contributed by atoms with Crippen molar-refractivity contribution >= 4 is 45.3 Å². The number of allylic oxidation sites excluding steroid dienone is 2. The number of fused-ring (bicyclic) bond motifs is 6. The van der Waals surface area contributed by atoms with Gasteiger partial charge in [-0.1, -0.05) is 12.2 Å². The van der Waals surface area contributed by atoms with Gasteiger partial charge in [-0.15, -0.1) is 0 Å². The number of likely N-dealkylation sites (tertiary alicyclic amines) is 1. The molecular formula is C32H33N9O3. The number of hydrogen-bond acceptors (Lipinski definition) is 8. The smallest absolute Gasteiger partial charge is 0.278 e. The molecule has 0 aliphatic carbocycles. The summed E-state index contributed by atoms with van der Waals surface area (Å²) in [6.45, 7) is 3.17. The number of aromatic nitrogens is 6. The molecule has 3 aliphatic heterocycles. The van der Waals surface area contributed by atoms with Crippen LogP contribution in [-0.4, -0.2) is 73.0 Å². The molecule has 3 aromatic heterocycles. The van der Waals surface area contributed by atoms with Crippen molar-refractivity contribution in [2.45, 2.75) is 38.3 Å². The Morgan fingerprint density at radius 1 is 1.00 bits per heavy atom. The van der Waals surface area contributed by atoms with Gasteiger partial charge in [-0.05, 0) is 82.2 Å². The van der Waals surface area contributed by atoms with Crippen LogP contribution in [0.15, 0.2) is 65.9 Å². The first kappa shape index (κ1) is 26.6. The van der Waals surface area contributed by atoms with E-state index in [9.17, 15) is 9.59 Å². The van der Waals surface area contributed by atoms with Gasteiger partial charge in [0, 0.05) is 24.5 Å². The standard InChI is InChI=1S/C32H33N9O3/c1-37-14-10-22(11-15-37)39-20-34-25-16-21(6-8-26(25)39)35-32-33-18-24-30(36-32)41-23-7-9-28-27(17-23)38(29(42)19-44-28)12-4-2-3-5-13-40(41)31(24)43/h3,5-9,16-18,20,22H,2,4,10-15,19H2,1H3,(H,33,35,36). The number of piperidine rings is 1. The topological polar surface area (TPSA) is 115 Å². The lowest BCUT2D eigenvalue weighted by molar-refractivity contribution is -0.121. The van der Waals surface area contributed by atoms with E-state index in [1.54, 1.807) is 20.5 Å². The van der Waals surface area contributed by atoms with Crippen LogP contribution in [-0.2, 0) is 11.3 Å². The van der Waals surface area contributed by atoms with Crippen LogP contribution >= 0.6 is 0 Å². The lowest BCUT2D eigenvalue weighted by Gasteiger charge is -2.30. The number of benzene rings is 2. The highest BCUT2D eigenvalue weighted by molar-refractivity contribution is 5.98. The molecule has 5 aromatic rings. The zero-order valence-electron chi connectivity index (χ0n) is 24.5. The minimum atomic E-state index is -0.184. The van der Waals surface area contributed by atoms with Gasteiger partial charge in [0.1, 0.15) is 11.1 Å². The van der Waals surface area contributed by atoms with Crippen LogP contribution in [0.3, 0.4) is 0 Å². The van der Waals surface area contributed by atoms with Crippen molar-refractivity contribution in [1.82, 2.24) is 33.8 Å². The number of carbonyl (C=O) groups excluding carboxylic acids is 1. The van der Waals surface area contributed by atoms with Crippen molar-refractivity contribution in [1.29, 1.82) is 0 Å². The minimum Gasteiger partial charge on any atom is -0.482 e. The Balaban J connectivity index is 1.18. The summed E-state index contributed by atoms with van der Waals surface area (Å²) in [5.41, 5.74) is 4.52. The molecule has 0 saturated carbocycles. The Morgan fingerprint density at radius 2 is 1.89 bits per heavy atom. The molecule has 0 spiro atoms. The second kappa shape index (κ2) is 10.6. The molecule has 1 amide bonds. The Labute approximate surface area is 253 Å². The summed E-state index contributed by atoms with van der Waals surface area (Å²) >= 11 is 0. The third kappa shape index (κ3) is 4.53. The lowest BCUT2D eigenvalue weighted by atomic mass is 10.1. The van der Waals surface area contributed by atoms with E-state index >= 15 is 0 Å². The Hall–Kier alpha value is -4.97. The second-order valence-electron chi connectivity index (χ2n) is 11.7. The molecule has 2 aromatic carbocycles. The summed E-state index contributed by atoms with van der Waals surface area (Å²) in [7, 11) is 2.17. The highest BCUT2D eigenvalue weighted by atomic mass is 16.5. The summed E-state index contributed by atoms with van der Waals surface area (Å²) < 4.78 is 11.5. The highest BCUT2D eigenvalue weighted by Crippen LogP contribution is 2.35. The van der Waals surface area contributed by atoms with E-state index in [0.29, 0.717) is 53.2 Å². The number of ether oxygens (including phenoxy) is 1. The van der Waals surface area contributed by atoms with Gasteiger partial charge in [-0.25, -0.2) is 19.3 Å². The number of anilines is 3. The van der Waals surface area contributed by atoms with Crippen molar-refractivity contribution in [2.75, 3.05) is 43.5 Å². The minimum absolute atomic E-state index is 0.0197. The molecule has 0 radical (unpaired) electrons. The summed E-state index contributed by atoms with van der Waals surface area (Å²) in [6.07, 6.45) is 11.4. The largest absolute Gasteiger partial charge is 0.482 e. The van der Waals surface area contributed by atoms with Gasteiger partial charge in [-0.3, -0.25) is 9.59 Å². The van der Waals surface area contributed by atoms with E-state index in [1.165, 1.54) is 0 Å². The summed E-state index contributed by atoms with van der Waals surface area (Å²) in [4.78, 5) is 44.6. The Kier molecular flexibility index (Phi) is 6.44. The molecule has 12 nitrogen and oxygen atoms in total. The number of hydrogen-bond donors (Lipinski definition) is 1. The zero-order chi connectivity index (χ0) is 29.8. The maximum Gasteiger partial charge on any atom is 0.278 e. The van der Waals surface area contributed by atoms with Crippen molar-refractivity contribution in [3.63, 3.8) is 0 Å². The predicted molar refractivity (Wildman–Crippen MR) is 168 cm³/mol. The lowest BCUT2D eigenvalue weighted by Crippen LogP contribution is -2.39. The quantitative estimate of drug-likeness (QED) is 0.313. The van der Waals surface area contributed by atoms with E-state index < -0.39 is 0 Å². The van der Waals surface area contributed by atoms with Gasteiger partial charge in [0.05, 0.1) is 35.3 Å². The first-order valence-corrected chi connectivity index (χ1v) is 15.2. The molecule has 0 unspecified atom stereocenters. The maximum atomic E-state index is 13.6. The van der Waals surface area contributed by atoms with Gasteiger partial charge >= 0.3 is 0 Å². The van der Waals surface area contributed by atoms with Gasteiger partial charge in [0.2, 0.25) is 5.95 Å². The maximum absolute atomic E-state index is 13.6. The van der Waals surface area contributed by atoms with E-state index in [4.69, 9.17) is 14.7 Å². The fraction of sp³-hybridized carbons (Fsp3) is 0.344. The molecule has 1 saturated heterocycles. The second-order valence-corrected chi connectivity index (χ2v) is 11.7. The van der Waals surface area contributed by atoms with Crippen LogP contribution in [0.5, 0.6) is 5.75 Å². The fourth-order valence-corrected chi connectivity index (χ4v) is 6.55. The molecule has 0 atom stereocenters. The number of nitrogens with zero attached hydrogens (tertiary/aromatic N) is 8. The third-order valence-corrected chi connectivity index (χ3v) is 8.92. The van der Waals surface area contributed by atoms with E-state index in [1.807, 2.05) is 42.7 Å². The molecule has 224 valence electrons. The van der Waals surface area contributed by atoms with E-state index in [2.05, 4.69) is 39.0 Å². The van der Waals surface area contributed by atoms with Gasteiger partial charge in [0.15, 0.2) is 12.3 Å². The average molecular weight is 592 g/mol. The fourth-order valence-electron chi connectivity index (χ4n) is 6.55. The normalized spacial score (nSPS) is 17.8. The molecule has 2 bridgehead atoms. The monoisotopic (exact) mass is 591 g/mol.